The minimum absolute atomic E-state index is 2.31. The second-order valence-electron chi connectivity index (χ2n) is 2.39. The topological polar surface area (TPSA) is 89.6 Å². The number of hydrogen-bond acceptors (Lipinski definition) is 4. The van der Waals surface area contributed by atoms with Gasteiger partial charge in [-0.1, -0.05) is 0 Å². The molecule has 0 spiro atoms. The van der Waals surface area contributed by atoms with Gasteiger partial charge in [0, 0.05) is 0 Å². The van der Waals surface area contributed by atoms with Gasteiger partial charge < -0.3 is 15.6 Å². The van der Waals surface area contributed by atoms with Gasteiger partial charge in [0.15, 0.2) is 0 Å². The van der Waals surface area contributed by atoms with E-state index in [1.54, 1.807) is 0 Å². The summed E-state index contributed by atoms with van der Waals surface area (Å²) in [5.41, 5.74) is 3.92. The SMILES string of the molecule is NC(=O)C(O)(F)C(F)(F)OC(=O)C(F)(F)F. The standard InChI is InChI=1S/C5H3F6NO4/c6-3(15,1(12)13)5(10,11)16-2(14)4(7,8)9/h15H,(H2,12,13). The highest BCUT2D eigenvalue weighted by Gasteiger charge is 2.65. The third kappa shape index (κ3) is 2.74. The lowest BCUT2D eigenvalue weighted by molar-refractivity contribution is -0.348. The van der Waals surface area contributed by atoms with Crippen molar-refractivity contribution in [3.63, 3.8) is 0 Å². The van der Waals surface area contributed by atoms with Crippen LogP contribution in [0.4, 0.5) is 26.3 Å². The van der Waals surface area contributed by atoms with Crippen LogP contribution >= 0.6 is 0 Å². The summed E-state index contributed by atoms with van der Waals surface area (Å²) in [4.78, 5) is 19.8. The van der Waals surface area contributed by atoms with E-state index < -0.39 is 30.0 Å². The van der Waals surface area contributed by atoms with Crippen LogP contribution in [0.5, 0.6) is 0 Å². The Bertz CT molecular complexity index is 311. The Balaban J connectivity index is 4.97. The number of nitrogens with two attached hydrogens (primary N) is 1. The molecule has 0 saturated heterocycles. The monoisotopic (exact) mass is 255 g/mol. The van der Waals surface area contributed by atoms with Crippen molar-refractivity contribution in [1.82, 2.24) is 0 Å². The van der Waals surface area contributed by atoms with Crippen molar-refractivity contribution in [2.75, 3.05) is 0 Å². The highest BCUT2D eigenvalue weighted by Crippen LogP contribution is 2.33. The van der Waals surface area contributed by atoms with E-state index in [2.05, 4.69) is 10.5 Å². The van der Waals surface area contributed by atoms with Crippen LogP contribution < -0.4 is 5.73 Å². The van der Waals surface area contributed by atoms with Crippen molar-refractivity contribution in [1.29, 1.82) is 0 Å². The second kappa shape index (κ2) is 3.81. The maximum absolute atomic E-state index is 12.4. The van der Waals surface area contributed by atoms with Crippen LogP contribution in [-0.2, 0) is 14.3 Å². The molecule has 1 amide bonds. The molecule has 0 aromatic carbocycles. The average Bonchev–Trinajstić information content (AvgIpc) is 2.00. The Morgan fingerprint density at radius 2 is 1.44 bits per heavy atom. The zero-order chi connectivity index (χ0) is 13.4. The highest BCUT2D eigenvalue weighted by molar-refractivity contribution is 5.83. The van der Waals surface area contributed by atoms with Crippen molar-refractivity contribution in [3.8, 4) is 0 Å². The summed E-state index contributed by atoms with van der Waals surface area (Å²) >= 11 is 0. The number of hydrogen-bond donors (Lipinski definition) is 2. The lowest BCUT2D eigenvalue weighted by Gasteiger charge is -2.24. The van der Waals surface area contributed by atoms with Crippen LogP contribution in [0.3, 0.4) is 0 Å². The molecule has 0 saturated carbocycles. The molecule has 0 rings (SSSR count). The van der Waals surface area contributed by atoms with E-state index in [0.717, 1.165) is 0 Å². The molecule has 16 heavy (non-hydrogen) atoms. The molecule has 0 bridgehead atoms. The van der Waals surface area contributed by atoms with Crippen LogP contribution in [0, 0.1) is 0 Å². The van der Waals surface area contributed by atoms with E-state index in [9.17, 15) is 35.9 Å². The van der Waals surface area contributed by atoms with Crippen LogP contribution in [0.2, 0.25) is 0 Å². The van der Waals surface area contributed by atoms with Crippen molar-refractivity contribution in [2.45, 2.75) is 18.1 Å². The van der Waals surface area contributed by atoms with E-state index in [4.69, 9.17) is 5.11 Å². The number of rotatable bonds is 3. The minimum Gasteiger partial charge on any atom is -0.389 e. The van der Waals surface area contributed by atoms with Gasteiger partial charge in [0.2, 0.25) is 0 Å². The molecule has 3 N–H and O–H groups in total. The van der Waals surface area contributed by atoms with Crippen LogP contribution in [0.1, 0.15) is 0 Å². The van der Waals surface area contributed by atoms with Gasteiger partial charge in [0.25, 0.3) is 5.91 Å². The lowest BCUT2D eigenvalue weighted by atomic mass is 10.3. The summed E-state index contributed by atoms with van der Waals surface area (Å²) in [6.07, 6.45) is -11.6. The normalized spacial score (nSPS) is 16.4. The molecular weight excluding hydrogens is 252 g/mol. The molecule has 0 aliphatic heterocycles. The van der Waals surface area contributed by atoms with Gasteiger partial charge in [-0.3, -0.25) is 4.79 Å². The number of ether oxygens (including phenoxy) is 1. The number of esters is 1. The van der Waals surface area contributed by atoms with E-state index >= 15 is 0 Å². The summed E-state index contributed by atoms with van der Waals surface area (Å²) in [7, 11) is 0. The average molecular weight is 255 g/mol. The Morgan fingerprint density at radius 3 is 1.69 bits per heavy atom. The predicted molar refractivity (Wildman–Crippen MR) is 32.3 cm³/mol. The van der Waals surface area contributed by atoms with Gasteiger partial charge in [0.05, 0.1) is 0 Å². The predicted octanol–water partition coefficient (Wildman–Crippen LogP) is -0.172. The maximum Gasteiger partial charge on any atom is 0.491 e. The molecule has 0 aromatic rings. The van der Waals surface area contributed by atoms with Crippen molar-refractivity contribution in [3.05, 3.63) is 0 Å². The van der Waals surface area contributed by atoms with Crippen LogP contribution in [0.25, 0.3) is 0 Å². The zero-order valence-corrected chi connectivity index (χ0v) is 7.02. The first-order valence-electron chi connectivity index (χ1n) is 3.21. The molecule has 0 aromatic heterocycles. The number of amides is 1. The fourth-order valence-corrected chi connectivity index (χ4v) is 0.385. The zero-order valence-electron chi connectivity index (χ0n) is 7.02. The number of halogens is 6. The number of carbonyl (C=O) groups is 2. The summed E-state index contributed by atoms with van der Waals surface area (Å²) in [6.45, 7) is 0. The van der Waals surface area contributed by atoms with Gasteiger partial charge in [-0.05, 0) is 0 Å². The molecule has 0 fully saturated rings. The lowest BCUT2D eigenvalue weighted by Crippen LogP contribution is -2.57. The summed E-state index contributed by atoms with van der Waals surface area (Å²) in [5.74, 6) is -11.4. The number of carbonyl (C=O) groups excluding carboxylic acids is 2. The van der Waals surface area contributed by atoms with Gasteiger partial charge >= 0.3 is 24.1 Å². The Morgan fingerprint density at radius 1 is 1.06 bits per heavy atom. The van der Waals surface area contributed by atoms with Gasteiger partial charge in [-0.15, -0.1) is 0 Å². The first-order valence-corrected chi connectivity index (χ1v) is 3.21. The van der Waals surface area contributed by atoms with E-state index in [1.807, 2.05) is 0 Å². The second-order valence-corrected chi connectivity index (χ2v) is 2.39. The molecule has 0 aliphatic rings. The Labute approximate surface area is 82.8 Å². The van der Waals surface area contributed by atoms with Crippen LogP contribution in [-0.4, -0.2) is 35.1 Å². The first kappa shape index (κ1) is 14.5. The molecule has 94 valence electrons. The molecule has 0 heterocycles. The van der Waals surface area contributed by atoms with Crippen molar-refractivity contribution in [2.24, 2.45) is 5.73 Å². The smallest absolute Gasteiger partial charge is 0.389 e. The van der Waals surface area contributed by atoms with E-state index in [-0.39, 0.29) is 0 Å². The number of alkyl halides is 6. The molecule has 1 atom stereocenters. The summed E-state index contributed by atoms with van der Waals surface area (Å²) in [5, 5.41) is 8.10. The molecule has 5 nitrogen and oxygen atoms in total. The molecule has 11 heteroatoms. The van der Waals surface area contributed by atoms with Gasteiger partial charge in [-0.2, -0.15) is 26.3 Å². The van der Waals surface area contributed by atoms with Gasteiger partial charge in [-0.25, -0.2) is 4.79 Å². The third-order valence-electron chi connectivity index (χ3n) is 1.16. The molecule has 1 unspecified atom stereocenters. The van der Waals surface area contributed by atoms with Crippen molar-refractivity contribution >= 4 is 11.9 Å². The largest absolute Gasteiger partial charge is 0.491 e. The van der Waals surface area contributed by atoms with Crippen molar-refractivity contribution < 1.29 is 45.8 Å². The fraction of sp³-hybridized carbons (Fsp3) is 0.600. The molecular formula is C5H3F6NO4. The summed E-state index contributed by atoms with van der Waals surface area (Å²) in [6, 6.07) is 0. The highest BCUT2D eigenvalue weighted by atomic mass is 19.4. The maximum atomic E-state index is 12.4. The third-order valence-corrected chi connectivity index (χ3v) is 1.16. The minimum atomic E-state index is -5.85. The first-order chi connectivity index (χ1) is 6.82. The fourth-order valence-electron chi connectivity index (χ4n) is 0.385. The van der Waals surface area contributed by atoms with Gasteiger partial charge in [0.1, 0.15) is 0 Å². The van der Waals surface area contributed by atoms with Crippen LogP contribution in [0.15, 0.2) is 0 Å². The molecule has 0 radical (unpaired) electrons. The Hall–Kier alpha value is -1.52. The number of aliphatic hydroxyl groups is 1. The molecule has 0 aliphatic carbocycles. The summed E-state index contributed by atoms with van der Waals surface area (Å²) < 4.78 is 73.8. The van der Waals surface area contributed by atoms with E-state index in [0.29, 0.717) is 0 Å². The number of primary amides is 1. The Kier molecular flexibility index (Phi) is 3.45. The van der Waals surface area contributed by atoms with E-state index in [1.165, 1.54) is 0 Å². The quantitative estimate of drug-likeness (QED) is 0.541.